The number of fused-ring (bicyclic) bond motifs is 1. The summed E-state index contributed by atoms with van der Waals surface area (Å²) in [5, 5.41) is 2.05. The number of hydrogen-bond donors (Lipinski definition) is 1. The summed E-state index contributed by atoms with van der Waals surface area (Å²) in [5.41, 5.74) is 2.79. The van der Waals surface area contributed by atoms with E-state index in [1.807, 2.05) is 12.1 Å². The Balaban J connectivity index is 2.06. The van der Waals surface area contributed by atoms with E-state index in [4.69, 9.17) is 0 Å². The van der Waals surface area contributed by atoms with E-state index in [1.54, 1.807) is 12.1 Å². The molecule has 0 aliphatic heterocycles. The molecule has 3 nitrogen and oxygen atoms in total. The van der Waals surface area contributed by atoms with Crippen LogP contribution < -0.4 is 0 Å². The zero-order valence-electron chi connectivity index (χ0n) is 20.4. The van der Waals surface area contributed by atoms with Crippen molar-refractivity contribution in [3.8, 4) is 0 Å². The van der Waals surface area contributed by atoms with Crippen LogP contribution in [0.4, 0.5) is 0 Å². The van der Waals surface area contributed by atoms with Crippen molar-refractivity contribution in [2.45, 2.75) is 121 Å². The monoisotopic (exact) mass is 460 g/mol. The summed E-state index contributed by atoms with van der Waals surface area (Å²) in [4.78, 5) is -0.0216. The molecule has 0 heterocycles. The minimum atomic E-state index is -4.18. The molecule has 0 radical (unpaired) electrons. The lowest BCUT2D eigenvalue weighted by molar-refractivity contribution is 0.483. The molecule has 32 heavy (non-hydrogen) atoms. The molecule has 0 spiro atoms. The van der Waals surface area contributed by atoms with Crippen LogP contribution in [0.1, 0.15) is 115 Å². The first-order chi connectivity index (χ1) is 15.5. The Labute approximate surface area is 196 Å². The maximum absolute atomic E-state index is 11.6. The van der Waals surface area contributed by atoms with E-state index >= 15 is 0 Å². The summed E-state index contributed by atoms with van der Waals surface area (Å²) in [6.07, 6.45) is 20.3. The predicted octanol–water partition coefficient (Wildman–Crippen LogP) is 8.67. The Morgan fingerprint density at radius 2 is 1.19 bits per heavy atom. The second kappa shape index (κ2) is 14.7. The molecule has 0 atom stereocenters. The molecule has 0 saturated heterocycles. The van der Waals surface area contributed by atoms with E-state index in [1.165, 1.54) is 101 Å². The van der Waals surface area contributed by atoms with E-state index in [0.717, 1.165) is 23.6 Å². The van der Waals surface area contributed by atoms with Gasteiger partial charge in [0.05, 0.1) is 4.90 Å². The molecule has 0 amide bonds. The summed E-state index contributed by atoms with van der Waals surface area (Å²) >= 11 is 0. The molecule has 2 aromatic carbocycles. The number of rotatable bonds is 17. The van der Waals surface area contributed by atoms with Gasteiger partial charge >= 0.3 is 0 Å². The maximum atomic E-state index is 11.6. The molecule has 0 saturated carbocycles. The quantitative estimate of drug-likeness (QED) is 0.190. The lowest BCUT2D eigenvalue weighted by Crippen LogP contribution is -2.00. The topological polar surface area (TPSA) is 54.4 Å². The van der Waals surface area contributed by atoms with Crippen molar-refractivity contribution in [1.82, 2.24) is 0 Å². The van der Waals surface area contributed by atoms with Gasteiger partial charge in [0.1, 0.15) is 0 Å². The van der Waals surface area contributed by atoms with Crippen molar-refractivity contribution >= 4 is 20.9 Å². The summed E-state index contributed by atoms with van der Waals surface area (Å²) in [6.45, 7) is 4.51. The fraction of sp³-hybridized carbons (Fsp3) is 0.643. The summed E-state index contributed by atoms with van der Waals surface area (Å²) in [6, 6.07) is 9.25. The molecule has 0 unspecified atom stereocenters. The fourth-order valence-corrected chi connectivity index (χ4v) is 5.15. The van der Waals surface area contributed by atoms with Crippen molar-refractivity contribution < 1.29 is 13.0 Å². The molecule has 0 bridgehead atoms. The van der Waals surface area contributed by atoms with Crippen LogP contribution in [-0.2, 0) is 23.0 Å². The normalized spacial score (nSPS) is 12.0. The zero-order chi connectivity index (χ0) is 23.2. The standard InChI is InChI=1S/C28H44O3S/c1-3-5-7-9-11-13-15-17-24-19-20-25-23-26(32(29,30)31)21-22-28(25)27(24)18-16-14-12-10-8-6-4-2/h19-23H,3-18H2,1-2H3,(H,29,30,31). The van der Waals surface area contributed by atoms with E-state index < -0.39 is 10.1 Å². The van der Waals surface area contributed by atoms with E-state index in [-0.39, 0.29) is 4.90 Å². The highest BCUT2D eigenvalue weighted by Crippen LogP contribution is 2.28. The first-order valence-corrected chi connectivity index (χ1v) is 14.4. The Kier molecular flexibility index (Phi) is 12.3. The third-order valence-electron chi connectivity index (χ3n) is 6.58. The van der Waals surface area contributed by atoms with Crippen molar-refractivity contribution in [3.05, 3.63) is 41.5 Å². The predicted molar refractivity (Wildman–Crippen MR) is 137 cm³/mol. The Morgan fingerprint density at radius 1 is 0.656 bits per heavy atom. The van der Waals surface area contributed by atoms with Crippen LogP contribution in [0.2, 0.25) is 0 Å². The van der Waals surface area contributed by atoms with Gasteiger partial charge in [-0.3, -0.25) is 4.55 Å². The summed E-state index contributed by atoms with van der Waals surface area (Å²) < 4.78 is 32.6. The molecule has 0 aliphatic carbocycles. The molecule has 2 rings (SSSR count). The number of unbranched alkanes of at least 4 members (excludes halogenated alkanes) is 12. The van der Waals surface area contributed by atoms with E-state index in [0.29, 0.717) is 0 Å². The van der Waals surface area contributed by atoms with Crippen molar-refractivity contribution in [3.63, 3.8) is 0 Å². The van der Waals surface area contributed by atoms with Gasteiger partial charge in [-0.15, -0.1) is 0 Å². The molecule has 0 aromatic heterocycles. The van der Waals surface area contributed by atoms with Crippen molar-refractivity contribution in [1.29, 1.82) is 0 Å². The zero-order valence-corrected chi connectivity index (χ0v) is 21.2. The minimum absolute atomic E-state index is 0.0216. The number of benzene rings is 2. The molecular formula is C28H44O3S. The van der Waals surface area contributed by atoms with Gasteiger partial charge in [0.2, 0.25) is 0 Å². The van der Waals surface area contributed by atoms with Gasteiger partial charge in [-0.2, -0.15) is 8.42 Å². The highest BCUT2D eigenvalue weighted by atomic mass is 32.2. The molecular weight excluding hydrogens is 416 g/mol. The van der Waals surface area contributed by atoms with Gasteiger partial charge in [0.25, 0.3) is 10.1 Å². The molecule has 1 N–H and O–H groups in total. The largest absolute Gasteiger partial charge is 0.294 e. The van der Waals surface area contributed by atoms with Crippen LogP contribution in [0.5, 0.6) is 0 Å². The van der Waals surface area contributed by atoms with Gasteiger partial charge in [0, 0.05) is 0 Å². The van der Waals surface area contributed by atoms with Crippen molar-refractivity contribution in [2.75, 3.05) is 0 Å². The third-order valence-corrected chi connectivity index (χ3v) is 7.43. The van der Waals surface area contributed by atoms with Crippen molar-refractivity contribution in [2.24, 2.45) is 0 Å². The van der Waals surface area contributed by atoms with Crippen LogP contribution in [0.3, 0.4) is 0 Å². The lowest BCUT2D eigenvalue weighted by atomic mass is 9.91. The Hall–Kier alpha value is -1.39. The maximum Gasteiger partial charge on any atom is 0.294 e. The SMILES string of the molecule is CCCCCCCCCc1ccc2cc(S(=O)(=O)O)ccc2c1CCCCCCCCC. The first-order valence-electron chi connectivity index (χ1n) is 13.0. The lowest BCUT2D eigenvalue weighted by Gasteiger charge is -2.14. The van der Waals surface area contributed by atoms with Gasteiger partial charge < -0.3 is 0 Å². The molecule has 4 heteroatoms. The first kappa shape index (κ1) is 26.9. The average molecular weight is 461 g/mol. The molecule has 0 fully saturated rings. The van der Waals surface area contributed by atoms with Crippen LogP contribution in [0.25, 0.3) is 10.8 Å². The van der Waals surface area contributed by atoms with E-state index in [2.05, 4.69) is 19.9 Å². The average Bonchev–Trinajstić information content (AvgIpc) is 2.77. The number of aryl methyl sites for hydroxylation is 2. The highest BCUT2D eigenvalue weighted by molar-refractivity contribution is 7.85. The molecule has 180 valence electrons. The molecule has 0 aliphatic rings. The van der Waals surface area contributed by atoms with Gasteiger partial charge in [-0.25, -0.2) is 0 Å². The van der Waals surface area contributed by atoms with Gasteiger partial charge in [-0.1, -0.05) is 109 Å². The van der Waals surface area contributed by atoms with Crippen LogP contribution in [0, 0.1) is 0 Å². The third kappa shape index (κ3) is 9.23. The van der Waals surface area contributed by atoms with E-state index in [9.17, 15) is 13.0 Å². The Bertz CT molecular complexity index is 902. The number of hydrogen-bond acceptors (Lipinski definition) is 2. The summed E-state index contributed by atoms with van der Waals surface area (Å²) in [5.74, 6) is 0. The van der Waals surface area contributed by atoms with Gasteiger partial charge in [0.15, 0.2) is 0 Å². The fourth-order valence-electron chi connectivity index (χ4n) is 4.64. The second-order valence-corrected chi connectivity index (χ2v) is 10.7. The van der Waals surface area contributed by atoms with Crippen LogP contribution in [0.15, 0.2) is 35.2 Å². The van der Waals surface area contributed by atoms with Crippen LogP contribution in [-0.4, -0.2) is 13.0 Å². The summed E-state index contributed by atoms with van der Waals surface area (Å²) in [7, 11) is -4.18. The highest BCUT2D eigenvalue weighted by Gasteiger charge is 2.13. The van der Waals surface area contributed by atoms with Gasteiger partial charge in [-0.05, 0) is 59.7 Å². The minimum Gasteiger partial charge on any atom is -0.282 e. The van der Waals surface area contributed by atoms with Crippen LogP contribution >= 0.6 is 0 Å². The molecule has 2 aromatic rings. The second-order valence-electron chi connectivity index (χ2n) is 9.30. The Morgan fingerprint density at radius 3 is 1.75 bits per heavy atom. The smallest absolute Gasteiger partial charge is 0.282 e.